The van der Waals surface area contributed by atoms with Gasteiger partial charge in [0.25, 0.3) is 0 Å². The number of hydrogen-bond acceptors (Lipinski definition) is 3. The zero-order valence-electron chi connectivity index (χ0n) is 19.2. The molecule has 0 saturated heterocycles. The largest absolute Gasteiger partial charge is 0.523 e. The Morgan fingerprint density at radius 1 is 0.767 bits per heavy atom. The molecule has 2 saturated carbocycles. The van der Waals surface area contributed by atoms with Crippen molar-refractivity contribution in [2.75, 3.05) is 0 Å². The molecule has 0 amide bonds. The number of hydrogen-bond donors (Lipinski definition) is 0. The van der Waals surface area contributed by atoms with E-state index in [4.69, 9.17) is 4.18 Å². The Labute approximate surface area is 188 Å². The van der Waals surface area contributed by atoms with Gasteiger partial charge in [0.05, 0.1) is 6.10 Å². The fourth-order valence-corrected chi connectivity index (χ4v) is 6.66. The molecule has 0 heterocycles. The molecule has 180 valence electrons. The van der Waals surface area contributed by atoms with Gasteiger partial charge in [-0.15, -0.1) is 0 Å². The van der Waals surface area contributed by atoms with E-state index in [1.54, 1.807) is 0 Å². The van der Waals surface area contributed by atoms with E-state index in [1.807, 2.05) is 0 Å². The minimum Gasteiger partial charge on any atom is -0.259 e. The van der Waals surface area contributed by atoms with Crippen molar-refractivity contribution >= 4 is 23.6 Å². The Kier molecular flexibility index (Phi) is 10.1. The molecule has 2 rings (SSSR count). The van der Waals surface area contributed by atoms with Gasteiger partial charge >= 0.3 is 15.6 Å². The summed E-state index contributed by atoms with van der Waals surface area (Å²) in [5.74, 6) is 1.35. The minimum absolute atomic E-state index is 0. The van der Waals surface area contributed by atoms with E-state index >= 15 is 0 Å². The van der Waals surface area contributed by atoms with Crippen LogP contribution in [0.15, 0.2) is 0 Å². The van der Waals surface area contributed by atoms with E-state index in [9.17, 15) is 21.6 Å². The Morgan fingerprint density at radius 2 is 1.13 bits per heavy atom. The first-order chi connectivity index (χ1) is 13.2. The highest BCUT2D eigenvalue weighted by molar-refractivity contribution is 7.87. The predicted molar refractivity (Wildman–Crippen MR) is 120 cm³/mol. The third-order valence-electron chi connectivity index (χ3n) is 7.51. The molecule has 0 aromatic rings. The van der Waals surface area contributed by atoms with Crippen LogP contribution < -0.4 is 0 Å². The van der Waals surface area contributed by atoms with E-state index < -0.39 is 21.7 Å². The number of alkyl halides is 3. The topological polar surface area (TPSA) is 43.4 Å². The molecule has 0 aromatic heterocycles. The zero-order valence-corrected chi connectivity index (χ0v) is 21.0. The molecule has 3 nitrogen and oxygen atoms in total. The minimum atomic E-state index is -5.63. The predicted octanol–water partition coefficient (Wildman–Crippen LogP) is 6.75. The van der Waals surface area contributed by atoms with Crippen molar-refractivity contribution < 1.29 is 25.8 Å². The summed E-state index contributed by atoms with van der Waals surface area (Å²) < 4.78 is 69.3. The average Bonchev–Trinajstić information content (AvgIpc) is 2.58. The quantitative estimate of drug-likeness (QED) is 0.316. The molecule has 2 fully saturated rings. The van der Waals surface area contributed by atoms with Gasteiger partial charge in [0.15, 0.2) is 0 Å². The first-order valence-electron chi connectivity index (χ1n) is 11.2. The van der Waals surface area contributed by atoms with Crippen LogP contribution in [0.3, 0.4) is 0 Å². The molecule has 0 aromatic carbocycles. The van der Waals surface area contributed by atoms with Crippen molar-refractivity contribution in [3.8, 4) is 0 Å². The van der Waals surface area contributed by atoms with E-state index in [1.165, 1.54) is 0 Å². The lowest BCUT2D eigenvalue weighted by Crippen LogP contribution is -2.48. The summed E-state index contributed by atoms with van der Waals surface area (Å²) in [6.45, 7) is 12.6. The summed E-state index contributed by atoms with van der Waals surface area (Å²) in [7, 11) is -5.63. The lowest BCUT2D eigenvalue weighted by Gasteiger charge is -2.48. The Balaban J connectivity index is 0.00000450. The standard InChI is InChI=1S/C22H39F3O3S.H2S/c1-13(2)17-9-7-15(5)11-19(17)21(28-29(26,27)22(23,24)25)20-12-16(6)8-10-18(20)14(3)4;/h13-21H,7-12H2,1-6H3;1H2. The zero-order chi connectivity index (χ0) is 22.1. The van der Waals surface area contributed by atoms with Crippen LogP contribution in [0.25, 0.3) is 0 Å². The number of rotatable bonds is 6. The van der Waals surface area contributed by atoms with Gasteiger partial charge in [0.1, 0.15) is 0 Å². The molecular weight excluding hydrogens is 433 g/mol. The van der Waals surface area contributed by atoms with Crippen molar-refractivity contribution in [2.24, 2.45) is 47.3 Å². The van der Waals surface area contributed by atoms with Crippen LogP contribution in [0.5, 0.6) is 0 Å². The van der Waals surface area contributed by atoms with E-state index in [0.717, 1.165) is 38.5 Å². The first kappa shape index (κ1) is 28.1. The molecule has 2 aliphatic rings. The smallest absolute Gasteiger partial charge is 0.259 e. The summed E-state index contributed by atoms with van der Waals surface area (Å²) in [4.78, 5) is 0. The van der Waals surface area contributed by atoms with Crippen molar-refractivity contribution in [1.29, 1.82) is 0 Å². The third-order valence-corrected chi connectivity index (χ3v) is 8.55. The second-order valence-electron chi connectivity index (χ2n) is 10.4. The molecule has 0 aliphatic heterocycles. The van der Waals surface area contributed by atoms with Gasteiger partial charge in [-0.2, -0.15) is 35.1 Å². The molecule has 2 aliphatic carbocycles. The highest BCUT2D eigenvalue weighted by Gasteiger charge is 2.53. The Morgan fingerprint density at radius 3 is 1.43 bits per heavy atom. The molecule has 0 spiro atoms. The normalized spacial score (nSPS) is 34.6. The van der Waals surface area contributed by atoms with Gasteiger partial charge in [-0.3, -0.25) is 4.18 Å². The van der Waals surface area contributed by atoms with Crippen molar-refractivity contribution in [3.05, 3.63) is 0 Å². The van der Waals surface area contributed by atoms with Crippen LogP contribution in [0.1, 0.15) is 80.1 Å². The second kappa shape index (κ2) is 10.8. The van der Waals surface area contributed by atoms with Crippen LogP contribution in [0.4, 0.5) is 13.2 Å². The molecular formula is C22H41F3O3S2. The summed E-state index contributed by atoms with van der Waals surface area (Å²) in [6, 6.07) is 0. The third kappa shape index (κ3) is 6.53. The SMILES string of the molecule is CC1CCC(C(C)C)C(C(OS(=O)(=O)C(F)(F)F)C2CC(C)CCC2C(C)C)C1.S. The van der Waals surface area contributed by atoms with Gasteiger partial charge in [-0.05, 0) is 73.0 Å². The highest BCUT2D eigenvalue weighted by Crippen LogP contribution is 2.49. The summed E-state index contributed by atoms with van der Waals surface area (Å²) >= 11 is 0. The highest BCUT2D eigenvalue weighted by atomic mass is 32.2. The van der Waals surface area contributed by atoms with Crippen molar-refractivity contribution in [1.82, 2.24) is 0 Å². The molecule has 0 N–H and O–H groups in total. The molecule has 0 bridgehead atoms. The Bertz CT molecular complexity index is 602. The number of halogens is 3. The summed E-state index contributed by atoms with van der Waals surface area (Å²) in [5, 5.41) is 0. The molecule has 30 heavy (non-hydrogen) atoms. The Hall–Kier alpha value is 0.0500. The second-order valence-corrected chi connectivity index (χ2v) is 12.0. The maximum atomic E-state index is 13.3. The average molecular weight is 475 g/mol. The van der Waals surface area contributed by atoms with Crippen LogP contribution >= 0.6 is 13.5 Å². The van der Waals surface area contributed by atoms with E-state index in [0.29, 0.717) is 11.8 Å². The van der Waals surface area contributed by atoms with Gasteiger partial charge in [-0.25, -0.2) is 0 Å². The maximum Gasteiger partial charge on any atom is 0.523 e. The van der Waals surface area contributed by atoms with Gasteiger partial charge in [0, 0.05) is 0 Å². The van der Waals surface area contributed by atoms with Crippen LogP contribution in [-0.2, 0) is 14.3 Å². The summed E-state index contributed by atoms with van der Waals surface area (Å²) in [6.07, 6.45) is 4.48. The fourth-order valence-electron chi connectivity index (χ4n) is 5.97. The van der Waals surface area contributed by atoms with E-state index in [-0.39, 0.29) is 49.0 Å². The molecule has 8 heteroatoms. The summed E-state index contributed by atoms with van der Waals surface area (Å²) in [5.41, 5.74) is -5.38. The fraction of sp³-hybridized carbons (Fsp3) is 1.00. The van der Waals surface area contributed by atoms with Crippen LogP contribution in [-0.4, -0.2) is 20.0 Å². The molecule has 6 atom stereocenters. The molecule has 6 unspecified atom stereocenters. The lowest BCUT2D eigenvalue weighted by atomic mass is 9.60. The maximum absolute atomic E-state index is 13.3. The van der Waals surface area contributed by atoms with Crippen molar-refractivity contribution in [3.63, 3.8) is 0 Å². The lowest BCUT2D eigenvalue weighted by molar-refractivity contribution is -0.0813. The van der Waals surface area contributed by atoms with Crippen LogP contribution in [0, 0.1) is 47.3 Å². The van der Waals surface area contributed by atoms with Crippen LogP contribution in [0.2, 0.25) is 0 Å². The van der Waals surface area contributed by atoms with Crippen molar-refractivity contribution in [2.45, 2.75) is 91.7 Å². The monoisotopic (exact) mass is 474 g/mol. The van der Waals surface area contributed by atoms with Gasteiger partial charge < -0.3 is 0 Å². The van der Waals surface area contributed by atoms with E-state index in [2.05, 4.69) is 41.5 Å². The molecule has 0 radical (unpaired) electrons. The van der Waals surface area contributed by atoms with Gasteiger partial charge in [0.2, 0.25) is 0 Å². The first-order valence-corrected chi connectivity index (χ1v) is 12.6. The van der Waals surface area contributed by atoms with Gasteiger partial charge in [-0.1, -0.05) is 54.4 Å².